The monoisotopic (exact) mass is 358 g/mol. The molecule has 6 heteroatoms. The maximum absolute atomic E-state index is 9.10. The van der Waals surface area contributed by atoms with E-state index in [-0.39, 0.29) is 12.1 Å². The highest BCUT2D eigenvalue weighted by atomic mass is 16.5. The summed E-state index contributed by atoms with van der Waals surface area (Å²) in [7, 11) is 1.71. The Balaban J connectivity index is 1.70. The molecular formula is C20H30N4O2. The number of anilines is 1. The number of piperazine rings is 1. The van der Waals surface area contributed by atoms with Crippen LogP contribution in [0.2, 0.25) is 0 Å². The van der Waals surface area contributed by atoms with Crippen molar-refractivity contribution in [2.45, 2.75) is 39.4 Å². The molecule has 2 heterocycles. The lowest BCUT2D eigenvalue weighted by Crippen LogP contribution is -2.59. The number of aliphatic hydroxyl groups excluding tert-OH is 1. The zero-order valence-electron chi connectivity index (χ0n) is 16.3. The van der Waals surface area contributed by atoms with Gasteiger partial charge in [-0.15, -0.1) is 0 Å². The lowest BCUT2D eigenvalue weighted by molar-refractivity contribution is 0.175. The molecule has 1 aliphatic heterocycles. The first-order valence-corrected chi connectivity index (χ1v) is 9.21. The fraction of sp³-hybridized carbons (Fsp3) is 0.550. The van der Waals surface area contributed by atoms with Gasteiger partial charge in [-0.3, -0.25) is 9.58 Å². The first kappa shape index (κ1) is 18.7. The van der Waals surface area contributed by atoms with Crippen molar-refractivity contribution in [1.82, 2.24) is 14.7 Å². The summed E-state index contributed by atoms with van der Waals surface area (Å²) in [5.74, 6) is 0.896. The second-order valence-corrected chi connectivity index (χ2v) is 7.60. The number of rotatable bonds is 6. The molecule has 0 saturated carbocycles. The van der Waals surface area contributed by atoms with Crippen LogP contribution in [0.25, 0.3) is 0 Å². The Morgan fingerprint density at radius 2 is 2.08 bits per heavy atom. The molecule has 2 aromatic rings. The van der Waals surface area contributed by atoms with E-state index in [1.54, 1.807) is 7.11 Å². The fourth-order valence-corrected chi connectivity index (χ4v) is 3.82. The quantitative estimate of drug-likeness (QED) is 0.859. The van der Waals surface area contributed by atoms with Gasteiger partial charge in [0.05, 0.1) is 26.0 Å². The van der Waals surface area contributed by atoms with Crippen LogP contribution in [0.3, 0.4) is 0 Å². The molecule has 1 aliphatic rings. The molecule has 0 atom stereocenters. The van der Waals surface area contributed by atoms with Crippen molar-refractivity contribution >= 4 is 5.69 Å². The summed E-state index contributed by atoms with van der Waals surface area (Å²) in [6, 6.07) is 8.30. The molecule has 0 spiro atoms. The van der Waals surface area contributed by atoms with E-state index in [0.717, 1.165) is 37.6 Å². The number of methoxy groups -OCH3 is 1. The number of benzene rings is 1. The van der Waals surface area contributed by atoms with Gasteiger partial charge in [0.15, 0.2) is 0 Å². The normalized spacial score (nSPS) is 17.5. The maximum Gasteiger partial charge on any atom is 0.120 e. The summed E-state index contributed by atoms with van der Waals surface area (Å²) >= 11 is 0. The molecule has 1 aromatic heterocycles. The van der Waals surface area contributed by atoms with Gasteiger partial charge in [-0.05, 0) is 32.9 Å². The third-order valence-electron chi connectivity index (χ3n) is 5.12. The van der Waals surface area contributed by atoms with Gasteiger partial charge in [0.1, 0.15) is 5.75 Å². The average molecular weight is 358 g/mol. The van der Waals surface area contributed by atoms with Gasteiger partial charge in [-0.25, -0.2) is 0 Å². The first-order chi connectivity index (χ1) is 12.4. The maximum atomic E-state index is 9.10. The molecule has 1 fully saturated rings. The van der Waals surface area contributed by atoms with E-state index >= 15 is 0 Å². The van der Waals surface area contributed by atoms with Gasteiger partial charge in [-0.1, -0.05) is 6.07 Å². The highest BCUT2D eigenvalue weighted by Gasteiger charge is 2.34. The second-order valence-electron chi connectivity index (χ2n) is 7.60. The lowest BCUT2D eigenvalue weighted by Gasteiger charge is -2.48. The van der Waals surface area contributed by atoms with Gasteiger partial charge < -0.3 is 14.7 Å². The van der Waals surface area contributed by atoms with Crippen LogP contribution in [0.4, 0.5) is 5.69 Å². The van der Waals surface area contributed by atoms with Crippen LogP contribution in [0.1, 0.15) is 25.1 Å². The Kier molecular flexibility index (Phi) is 5.53. The number of aryl methyl sites for hydroxylation is 1. The molecular weight excluding hydrogens is 328 g/mol. The van der Waals surface area contributed by atoms with E-state index < -0.39 is 0 Å². The molecule has 0 unspecified atom stereocenters. The van der Waals surface area contributed by atoms with Crippen LogP contribution in [0, 0.1) is 6.92 Å². The van der Waals surface area contributed by atoms with Crippen molar-refractivity contribution in [3.05, 3.63) is 41.7 Å². The Morgan fingerprint density at radius 1 is 1.27 bits per heavy atom. The minimum atomic E-state index is 0.0274. The topological polar surface area (TPSA) is 53.8 Å². The zero-order chi connectivity index (χ0) is 18.7. The third-order valence-corrected chi connectivity index (χ3v) is 5.12. The van der Waals surface area contributed by atoms with Crippen LogP contribution in [-0.2, 0) is 13.1 Å². The standard InChI is InChI=1S/C20H30N4O2/c1-16-17(14-23(21-16)10-11-25)13-22-8-9-24(20(2,3)15-22)18-6-5-7-19(12-18)26-4/h5-7,12,14,25H,8-11,13,15H2,1-4H3. The zero-order valence-corrected chi connectivity index (χ0v) is 16.3. The minimum absolute atomic E-state index is 0.0274. The van der Waals surface area contributed by atoms with E-state index in [9.17, 15) is 0 Å². The van der Waals surface area contributed by atoms with Crippen molar-refractivity contribution in [2.75, 3.05) is 38.3 Å². The Morgan fingerprint density at radius 3 is 2.77 bits per heavy atom. The van der Waals surface area contributed by atoms with E-state index in [1.807, 2.05) is 17.7 Å². The van der Waals surface area contributed by atoms with Crippen LogP contribution < -0.4 is 9.64 Å². The number of hydrogen-bond acceptors (Lipinski definition) is 5. The highest BCUT2D eigenvalue weighted by molar-refractivity contribution is 5.53. The average Bonchev–Trinajstić information content (AvgIpc) is 2.94. The predicted molar refractivity (Wildman–Crippen MR) is 104 cm³/mol. The largest absolute Gasteiger partial charge is 0.497 e. The van der Waals surface area contributed by atoms with Crippen LogP contribution in [-0.4, -0.2) is 58.7 Å². The van der Waals surface area contributed by atoms with Gasteiger partial charge in [-0.2, -0.15) is 5.10 Å². The highest BCUT2D eigenvalue weighted by Crippen LogP contribution is 2.30. The number of aromatic nitrogens is 2. The number of aliphatic hydroxyl groups is 1. The predicted octanol–water partition coefficient (Wildman–Crippen LogP) is 2.29. The van der Waals surface area contributed by atoms with Crippen molar-refractivity contribution in [3.63, 3.8) is 0 Å². The molecule has 0 radical (unpaired) electrons. The third kappa shape index (κ3) is 4.02. The number of nitrogens with zero attached hydrogens (tertiary/aromatic N) is 4. The van der Waals surface area contributed by atoms with Gasteiger partial charge >= 0.3 is 0 Å². The van der Waals surface area contributed by atoms with Gasteiger partial charge in [0.2, 0.25) is 0 Å². The van der Waals surface area contributed by atoms with Crippen LogP contribution in [0.15, 0.2) is 30.5 Å². The Bertz CT molecular complexity index is 741. The molecule has 0 bridgehead atoms. The van der Waals surface area contributed by atoms with Gasteiger partial charge in [0.25, 0.3) is 0 Å². The number of ether oxygens (including phenoxy) is 1. The molecule has 0 amide bonds. The van der Waals surface area contributed by atoms with E-state index in [0.29, 0.717) is 6.54 Å². The Hall–Kier alpha value is -2.05. The van der Waals surface area contributed by atoms with Crippen molar-refractivity contribution in [2.24, 2.45) is 0 Å². The molecule has 26 heavy (non-hydrogen) atoms. The van der Waals surface area contributed by atoms with Crippen molar-refractivity contribution in [3.8, 4) is 5.75 Å². The van der Waals surface area contributed by atoms with E-state index in [4.69, 9.17) is 9.84 Å². The lowest BCUT2D eigenvalue weighted by atomic mass is 9.97. The molecule has 3 rings (SSSR count). The van der Waals surface area contributed by atoms with Crippen LogP contribution >= 0.6 is 0 Å². The summed E-state index contributed by atoms with van der Waals surface area (Å²) in [5.41, 5.74) is 3.52. The smallest absolute Gasteiger partial charge is 0.120 e. The summed E-state index contributed by atoms with van der Waals surface area (Å²) in [4.78, 5) is 4.96. The first-order valence-electron chi connectivity index (χ1n) is 9.21. The molecule has 1 saturated heterocycles. The van der Waals surface area contributed by atoms with E-state index in [1.165, 1.54) is 11.3 Å². The van der Waals surface area contributed by atoms with Crippen LogP contribution in [0.5, 0.6) is 5.75 Å². The van der Waals surface area contributed by atoms with Gasteiger partial charge in [0, 0.05) is 55.2 Å². The Labute approximate surface area is 156 Å². The summed E-state index contributed by atoms with van der Waals surface area (Å²) in [5, 5.41) is 13.6. The number of hydrogen-bond donors (Lipinski definition) is 1. The summed E-state index contributed by atoms with van der Waals surface area (Å²) < 4.78 is 7.22. The molecule has 1 N–H and O–H groups in total. The second kappa shape index (κ2) is 7.68. The van der Waals surface area contributed by atoms with Crippen molar-refractivity contribution in [1.29, 1.82) is 0 Å². The minimum Gasteiger partial charge on any atom is -0.497 e. The molecule has 6 nitrogen and oxygen atoms in total. The molecule has 1 aromatic carbocycles. The van der Waals surface area contributed by atoms with E-state index in [2.05, 4.69) is 53.1 Å². The summed E-state index contributed by atoms with van der Waals surface area (Å²) in [6.45, 7) is 11.2. The van der Waals surface area contributed by atoms with Crippen molar-refractivity contribution < 1.29 is 9.84 Å². The molecule has 142 valence electrons. The molecule has 0 aliphatic carbocycles. The fourth-order valence-electron chi connectivity index (χ4n) is 3.82. The SMILES string of the molecule is COc1cccc(N2CCN(Cc3cn(CCO)nc3C)CC2(C)C)c1. The summed E-state index contributed by atoms with van der Waals surface area (Å²) in [6.07, 6.45) is 2.06.